The van der Waals surface area contributed by atoms with E-state index in [9.17, 15) is 17.6 Å². The zero-order valence-corrected chi connectivity index (χ0v) is 13.9. The molecule has 9 heteroatoms. The molecule has 0 saturated heterocycles. The number of benzene rings is 1. The average molecular weight is 353 g/mol. The van der Waals surface area contributed by atoms with E-state index in [-0.39, 0.29) is 10.7 Å². The number of carbonyl (C=O) groups excluding carboxylic acids is 1. The Labute approximate surface area is 137 Å². The maximum Gasteiger partial charge on any atom is 0.241 e. The summed E-state index contributed by atoms with van der Waals surface area (Å²) in [6.07, 6.45) is 1.40. The van der Waals surface area contributed by atoms with Crippen molar-refractivity contribution in [1.82, 2.24) is 10.1 Å². The number of nitrogens with zero attached hydrogens (tertiary/aromatic N) is 1. The van der Waals surface area contributed by atoms with Crippen LogP contribution in [-0.4, -0.2) is 37.4 Å². The van der Waals surface area contributed by atoms with Crippen LogP contribution in [-0.2, 0) is 14.6 Å². The molecule has 0 aliphatic heterocycles. The molecule has 128 valence electrons. The second-order valence-corrected chi connectivity index (χ2v) is 6.79. The maximum atomic E-state index is 12.4. The molecule has 0 aliphatic rings. The van der Waals surface area contributed by atoms with Crippen molar-refractivity contribution < 1.29 is 22.1 Å². The number of rotatable bonds is 4. The van der Waals surface area contributed by atoms with Gasteiger partial charge < -0.3 is 14.8 Å². The predicted octanol–water partition coefficient (Wildman–Crippen LogP) is 2.46. The van der Waals surface area contributed by atoms with Crippen LogP contribution in [0.5, 0.6) is 0 Å². The first kappa shape index (κ1) is 17.7. The number of para-hydroxylation sites is 1. The summed E-state index contributed by atoms with van der Waals surface area (Å²) in [7, 11) is -3.26. The molecule has 3 rings (SSSR count). The number of hydrogen-bond acceptors (Lipinski definition) is 5. The second-order valence-electron chi connectivity index (χ2n) is 4.83. The van der Waals surface area contributed by atoms with E-state index in [1.165, 1.54) is 12.3 Å². The summed E-state index contributed by atoms with van der Waals surface area (Å²) in [6.45, 7) is 1.67. The number of fused-ring (bicyclic) bond motifs is 1. The largest absolute Gasteiger partial charge is 0.360 e. The van der Waals surface area contributed by atoms with Crippen LogP contribution in [0.3, 0.4) is 0 Å². The van der Waals surface area contributed by atoms with Gasteiger partial charge in [-0.15, -0.1) is 0 Å². The van der Waals surface area contributed by atoms with Crippen molar-refractivity contribution in [3.05, 3.63) is 42.3 Å². The van der Waals surface area contributed by atoms with E-state index in [2.05, 4.69) is 15.5 Å². The maximum absolute atomic E-state index is 12.4. The first-order chi connectivity index (χ1) is 11.5. The third-order valence-electron chi connectivity index (χ3n) is 3.10. The van der Waals surface area contributed by atoms with Gasteiger partial charge in [0.25, 0.3) is 0 Å². The summed E-state index contributed by atoms with van der Waals surface area (Å²) >= 11 is 0. The molecule has 2 N–H and O–H groups in total. The van der Waals surface area contributed by atoms with Crippen LogP contribution in [0.4, 0.5) is 10.2 Å². The average Bonchev–Trinajstić information content (AvgIpc) is 3.15. The van der Waals surface area contributed by atoms with Gasteiger partial charge in [-0.3, -0.25) is 9.18 Å². The highest BCUT2D eigenvalue weighted by Gasteiger charge is 2.23. The van der Waals surface area contributed by atoms with E-state index < -0.39 is 21.5 Å². The molecule has 1 aromatic carbocycles. The third-order valence-corrected chi connectivity index (χ3v) is 4.75. The molecule has 0 radical (unpaired) electrons. The molecule has 1 amide bonds. The fourth-order valence-electron chi connectivity index (χ4n) is 2.16. The monoisotopic (exact) mass is 353 g/mol. The standard InChI is InChI=1S/C14H13N3O4S.CH3F/c1-9-6-13(17-21-9)16-14(18)8-22(19,20)12-7-15-11-5-3-2-4-10(11)12;1-2/h2-7,15H,8H2,1H3,(H,16,17,18);1H3. The van der Waals surface area contributed by atoms with Crippen LogP contribution in [0.2, 0.25) is 0 Å². The summed E-state index contributed by atoms with van der Waals surface area (Å²) in [4.78, 5) is 14.9. The Morgan fingerprint density at radius 1 is 1.33 bits per heavy atom. The van der Waals surface area contributed by atoms with E-state index in [1.807, 2.05) is 0 Å². The van der Waals surface area contributed by atoms with E-state index in [4.69, 9.17) is 4.52 Å². The number of aromatic amines is 1. The van der Waals surface area contributed by atoms with E-state index in [0.717, 1.165) is 0 Å². The number of halogens is 1. The molecule has 0 atom stereocenters. The van der Waals surface area contributed by atoms with Crippen molar-refractivity contribution in [1.29, 1.82) is 0 Å². The van der Waals surface area contributed by atoms with Crippen LogP contribution in [0.15, 0.2) is 45.9 Å². The van der Waals surface area contributed by atoms with Crippen LogP contribution in [0.1, 0.15) is 5.76 Å². The van der Waals surface area contributed by atoms with Gasteiger partial charge in [-0.1, -0.05) is 23.4 Å². The molecule has 2 aromatic heterocycles. The molecule has 3 aromatic rings. The Morgan fingerprint density at radius 3 is 2.71 bits per heavy atom. The number of sulfone groups is 1. The molecule has 0 fully saturated rings. The van der Waals surface area contributed by atoms with Crippen molar-refractivity contribution in [2.75, 3.05) is 18.2 Å². The number of hydrogen-bond donors (Lipinski definition) is 2. The number of aryl methyl sites for hydroxylation is 1. The van der Waals surface area contributed by atoms with Crippen molar-refractivity contribution in [2.45, 2.75) is 11.8 Å². The summed E-state index contributed by atoms with van der Waals surface area (Å²) in [6, 6.07) is 8.52. The summed E-state index contributed by atoms with van der Waals surface area (Å²) in [5.41, 5.74) is 0.702. The lowest BCUT2D eigenvalue weighted by Gasteiger charge is -2.03. The van der Waals surface area contributed by atoms with Gasteiger partial charge in [0.1, 0.15) is 11.5 Å². The van der Waals surface area contributed by atoms with Gasteiger partial charge in [0.2, 0.25) is 5.91 Å². The first-order valence-corrected chi connectivity index (χ1v) is 8.51. The zero-order valence-electron chi connectivity index (χ0n) is 13.0. The van der Waals surface area contributed by atoms with Crippen molar-refractivity contribution in [3.8, 4) is 0 Å². The Balaban J connectivity index is 0.00000100. The van der Waals surface area contributed by atoms with E-state index in [0.29, 0.717) is 23.8 Å². The van der Waals surface area contributed by atoms with Gasteiger partial charge in [0.15, 0.2) is 15.7 Å². The van der Waals surface area contributed by atoms with Crippen molar-refractivity contribution >= 4 is 32.5 Å². The highest BCUT2D eigenvalue weighted by molar-refractivity contribution is 7.92. The van der Waals surface area contributed by atoms with Crippen LogP contribution in [0.25, 0.3) is 10.9 Å². The molecule has 0 aliphatic carbocycles. The fourth-order valence-corrected chi connectivity index (χ4v) is 3.48. The topological polar surface area (TPSA) is 105 Å². The SMILES string of the molecule is CF.Cc1cc(NC(=O)CS(=O)(=O)c2c[nH]c3ccccc23)no1. The summed E-state index contributed by atoms with van der Waals surface area (Å²) in [5, 5.41) is 6.55. The Hall–Kier alpha value is -2.68. The van der Waals surface area contributed by atoms with Crippen LogP contribution in [0, 0.1) is 6.92 Å². The molecule has 0 bridgehead atoms. The third kappa shape index (κ3) is 3.80. The molecule has 0 unspecified atom stereocenters. The van der Waals surface area contributed by atoms with Gasteiger partial charge in [-0.25, -0.2) is 8.42 Å². The lowest BCUT2D eigenvalue weighted by atomic mass is 10.2. The number of carbonyl (C=O) groups is 1. The molecule has 24 heavy (non-hydrogen) atoms. The molecular formula is C15H16FN3O4S. The molecule has 2 heterocycles. The van der Waals surface area contributed by atoms with E-state index in [1.54, 1.807) is 31.2 Å². The minimum atomic E-state index is -3.76. The smallest absolute Gasteiger partial charge is 0.241 e. The second kappa shape index (κ2) is 7.26. The minimum absolute atomic E-state index is 0.106. The summed E-state index contributed by atoms with van der Waals surface area (Å²) in [5.74, 6) is -0.620. The number of nitrogens with one attached hydrogen (secondary N) is 2. The van der Waals surface area contributed by atoms with Crippen molar-refractivity contribution in [2.24, 2.45) is 0 Å². The lowest BCUT2D eigenvalue weighted by Crippen LogP contribution is -2.23. The molecule has 7 nitrogen and oxygen atoms in total. The minimum Gasteiger partial charge on any atom is -0.360 e. The van der Waals surface area contributed by atoms with Gasteiger partial charge >= 0.3 is 0 Å². The van der Waals surface area contributed by atoms with E-state index >= 15 is 0 Å². The molecular weight excluding hydrogens is 337 g/mol. The normalized spacial score (nSPS) is 11.0. The molecule has 0 saturated carbocycles. The van der Waals surface area contributed by atoms with Gasteiger partial charge in [-0.05, 0) is 13.0 Å². The highest BCUT2D eigenvalue weighted by Crippen LogP contribution is 2.23. The quantitative estimate of drug-likeness (QED) is 0.749. The van der Waals surface area contributed by atoms with Crippen LogP contribution < -0.4 is 5.32 Å². The molecule has 0 spiro atoms. The lowest BCUT2D eigenvalue weighted by molar-refractivity contribution is -0.113. The number of alkyl halides is 1. The zero-order chi connectivity index (χ0) is 17.7. The Bertz CT molecular complexity index is 946. The van der Waals surface area contributed by atoms with Gasteiger partial charge in [0.05, 0.1) is 12.1 Å². The fraction of sp³-hybridized carbons (Fsp3) is 0.200. The predicted molar refractivity (Wildman–Crippen MR) is 87.3 cm³/mol. The summed E-state index contributed by atoms with van der Waals surface area (Å²) < 4.78 is 39.1. The van der Waals surface area contributed by atoms with Gasteiger partial charge in [-0.2, -0.15) is 0 Å². The number of amides is 1. The first-order valence-electron chi connectivity index (χ1n) is 6.85. The number of H-pyrrole nitrogens is 1. The number of aromatic nitrogens is 2. The van der Waals surface area contributed by atoms with Crippen molar-refractivity contribution in [3.63, 3.8) is 0 Å². The Morgan fingerprint density at radius 2 is 2.04 bits per heavy atom. The Kier molecular flexibility index (Phi) is 5.35. The van der Waals surface area contributed by atoms with Crippen LogP contribution >= 0.6 is 0 Å². The highest BCUT2D eigenvalue weighted by atomic mass is 32.2. The van der Waals surface area contributed by atoms with Gasteiger partial charge in [0, 0.05) is 23.2 Å². The number of anilines is 1.